The average molecular weight is 167 g/mol. The van der Waals surface area contributed by atoms with Gasteiger partial charge in [-0.25, -0.2) is 0 Å². The molecule has 4 nitrogen and oxygen atoms in total. The third-order valence-electron chi connectivity index (χ3n) is 2.39. The van der Waals surface area contributed by atoms with E-state index < -0.39 is 0 Å². The van der Waals surface area contributed by atoms with E-state index in [0.717, 1.165) is 25.1 Å². The number of aromatic amines is 1. The molecule has 1 aliphatic rings. The number of anilines is 1. The SMILES string of the molecule is CC1(c2cc(N)n[nH]2)CCCO1. The van der Waals surface area contributed by atoms with E-state index in [9.17, 15) is 0 Å². The van der Waals surface area contributed by atoms with Gasteiger partial charge in [-0.2, -0.15) is 5.10 Å². The molecule has 66 valence electrons. The van der Waals surface area contributed by atoms with Gasteiger partial charge in [0.05, 0.1) is 5.69 Å². The lowest BCUT2D eigenvalue weighted by Gasteiger charge is -2.20. The van der Waals surface area contributed by atoms with E-state index in [1.165, 1.54) is 0 Å². The zero-order valence-corrected chi connectivity index (χ0v) is 7.13. The van der Waals surface area contributed by atoms with Crippen molar-refractivity contribution in [2.45, 2.75) is 25.4 Å². The van der Waals surface area contributed by atoms with Gasteiger partial charge in [-0.05, 0) is 19.8 Å². The summed E-state index contributed by atoms with van der Waals surface area (Å²) in [4.78, 5) is 0. The van der Waals surface area contributed by atoms with Crippen LogP contribution >= 0.6 is 0 Å². The number of nitrogen functional groups attached to an aromatic ring is 1. The summed E-state index contributed by atoms with van der Waals surface area (Å²) in [6.45, 7) is 2.89. The molecule has 0 aliphatic carbocycles. The Bertz CT molecular complexity index is 276. The number of H-pyrrole nitrogens is 1. The summed E-state index contributed by atoms with van der Waals surface area (Å²) in [5, 5.41) is 6.77. The van der Waals surface area contributed by atoms with Crippen molar-refractivity contribution in [2.75, 3.05) is 12.3 Å². The van der Waals surface area contributed by atoms with Crippen molar-refractivity contribution in [3.05, 3.63) is 11.8 Å². The maximum absolute atomic E-state index is 5.61. The average Bonchev–Trinajstić information content (AvgIpc) is 2.59. The van der Waals surface area contributed by atoms with Crippen LogP contribution in [-0.2, 0) is 10.3 Å². The lowest BCUT2D eigenvalue weighted by molar-refractivity contribution is 0.0132. The Morgan fingerprint density at radius 1 is 1.75 bits per heavy atom. The van der Waals surface area contributed by atoms with Gasteiger partial charge in [0.2, 0.25) is 0 Å². The smallest absolute Gasteiger partial charge is 0.145 e. The molecule has 12 heavy (non-hydrogen) atoms. The third-order valence-corrected chi connectivity index (χ3v) is 2.39. The molecule has 1 aliphatic heterocycles. The van der Waals surface area contributed by atoms with E-state index in [1.807, 2.05) is 6.07 Å². The van der Waals surface area contributed by atoms with Crippen molar-refractivity contribution in [3.8, 4) is 0 Å². The van der Waals surface area contributed by atoms with Crippen molar-refractivity contribution >= 4 is 5.82 Å². The topological polar surface area (TPSA) is 63.9 Å². The predicted octanol–water partition coefficient (Wildman–Crippen LogP) is 1.02. The van der Waals surface area contributed by atoms with Gasteiger partial charge in [-0.1, -0.05) is 0 Å². The third kappa shape index (κ3) is 1.08. The molecule has 1 aromatic heterocycles. The molecule has 4 heteroatoms. The fourth-order valence-electron chi connectivity index (χ4n) is 1.60. The molecule has 1 aromatic rings. The van der Waals surface area contributed by atoms with Gasteiger partial charge in [-0.15, -0.1) is 0 Å². The van der Waals surface area contributed by atoms with Crippen LogP contribution in [0.3, 0.4) is 0 Å². The van der Waals surface area contributed by atoms with E-state index in [0.29, 0.717) is 5.82 Å². The summed E-state index contributed by atoms with van der Waals surface area (Å²) < 4.78 is 5.61. The number of rotatable bonds is 1. The van der Waals surface area contributed by atoms with Crippen LogP contribution in [0.4, 0.5) is 5.82 Å². The summed E-state index contributed by atoms with van der Waals surface area (Å²) in [6.07, 6.45) is 2.14. The van der Waals surface area contributed by atoms with Crippen LogP contribution in [0.15, 0.2) is 6.07 Å². The van der Waals surface area contributed by atoms with E-state index in [-0.39, 0.29) is 5.60 Å². The highest BCUT2D eigenvalue weighted by Crippen LogP contribution is 2.34. The van der Waals surface area contributed by atoms with Gasteiger partial charge >= 0.3 is 0 Å². The molecule has 3 N–H and O–H groups in total. The van der Waals surface area contributed by atoms with Crippen molar-refractivity contribution in [1.29, 1.82) is 0 Å². The number of hydrogen-bond donors (Lipinski definition) is 2. The molecule has 0 radical (unpaired) electrons. The molecule has 1 saturated heterocycles. The van der Waals surface area contributed by atoms with Crippen LogP contribution in [0.1, 0.15) is 25.5 Å². The van der Waals surface area contributed by atoms with Gasteiger partial charge in [0.15, 0.2) is 0 Å². The number of nitrogens with one attached hydrogen (secondary N) is 1. The molecule has 2 heterocycles. The quantitative estimate of drug-likeness (QED) is 0.656. The molecule has 0 aromatic carbocycles. The highest BCUT2D eigenvalue weighted by atomic mass is 16.5. The van der Waals surface area contributed by atoms with E-state index in [4.69, 9.17) is 10.5 Å². The fourth-order valence-corrected chi connectivity index (χ4v) is 1.60. The van der Waals surface area contributed by atoms with Gasteiger partial charge in [0, 0.05) is 12.7 Å². The number of nitrogens with two attached hydrogens (primary N) is 1. The molecule has 0 saturated carbocycles. The van der Waals surface area contributed by atoms with Crippen molar-refractivity contribution in [3.63, 3.8) is 0 Å². The summed E-state index contributed by atoms with van der Waals surface area (Å²) in [5.74, 6) is 0.529. The summed E-state index contributed by atoms with van der Waals surface area (Å²) in [6, 6.07) is 1.84. The second-order valence-corrected chi connectivity index (χ2v) is 3.39. The van der Waals surface area contributed by atoms with E-state index in [2.05, 4.69) is 17.1 Å². The fraction of sp³-hybridized carbons (Fsp3) is 0.625. The number of aromatic nitrogens is 2. The van der Waals surface area contributed by atoms with E-state index in [1.54, 1.807) is 0 Å². The minimum absolute atomic E-state index is 0.190. The lowest BCUT2D eigenvalue weighted by atomic mass is 9.99. The zero-order chi connectivity index (χ0) is 8.60. The highest BCUT2D eigenvalue weighted by molar-refractivity contribution is 5.31. The van der Waals surface area contributed by atoms with E-state index >= 15 is 0 Å². The normalized spacial score (nSPS) is 29.4. The minimum Gasteiger partial charge on any atom is -0.382 e. The first kappa shape index (κ1) is 7.61. The Labute approximate surface area is 71.1 Å². The lowest BCUT2D eigenvalue weighted by Crippen LogP contribution is -2.20. The zero-order valence-electron chi connectivity index (χ0n) is 7.13. The monoisotopic (exact) mass is 167 g/mol. The van der Waals surface area contributed by atoms with Crippen molar-refractivity contribution < 1.29 is 4.74 Å². The van der Waals surface area contributed by atoms with Crippen molar-refractivity contribution in [1.82, 2.24) is 10.2 Å². The molecule has 1 fully saturated rings. The molecule has 1 unspecified atom stereocenters. The first-order chi connectivity index (χ1) is 5.71. The molecule has 0 bridgehead atoms. The summed E-state index contributed by atoms with van der Waals surface area (Å²) in [5.41, 5.74) is 6.30. The van der Waals surface area contributed by atoms with Crippen LogP contribution in [-0.4, -0.2) is 16.8 Å². The van der Waals surface area contributed by atoms with Gasteiger partial charge in [-0.3, -0.25) is 5.10 Å². The molecular formula is C8H13N3O. The maximum Gasteiger partial charge on any atom is 0.145 e. The number of nitrogens with zero attached hydrogens (tertiary/aromatic N) is 1. The first-order valence-electron chi connectivity index (χ1n) is 4.16. The Balaban J connectivity index is 2.28. The standard InChI is InChI=1S/C8H13N3O/c1-8(3-2-4-12-8)6-5-7(9)11-10-6/h5H,2-4H2,1H3,(H3,9,10,11). The van der Waals surface area contributed by atoms with Crippen LogP contribution in [0.5, 0.6) is 0 Å². The Kier molecular flexibility index (Phi) is 1.58. The first-order valence-corrected chi connectivity index (χ1v) is 4.16. The molecule has 1 atom stereocenters. The minimum atomic E-state index is -0.190. The molecular weight excluding hydrogens is 154 g/mol. The van der Waals surface area contributed by atoms with Crippen LogP contribution in [0.25, 0.3) is 0 Å². The maximum atomic E-state index is 5.61. The second-order valence-electron chi connectivity index (χ2n) is 3.39. The largest absolute Gasteiger partial charge is 0.382 e. The van der Waals surface area contributed by atoms with Gasteiger partial charge in [0.1, 0.15) is 11.4 Å². The van der Waals surface area contributed by atoms with Crippen LogP contribution in [0, 0.1) is 0 Å². The van der Waals surface area contributed by atoms with Gasteiger partial charge in [0.25, 0.3) is 0 Å². The molecule has 0 spiro atoms. The Morgan fingerprint density at radius 2 is 2.58 bits per heavy atom. The van der Waals surface area contributed by atoms with Crippen LogP contribution in [0.2, 0.25) is 0 Å². The second kappa shape index (κ2) is 2.48. The van der Waals surface area contributed by atoms with Crippen molar-refractivity contribution in [2.24, 2.45) is 0 Å². The van der Waals surface area contributed by atoms with Crippen LogP contribution < -0.4 is 5.73 Å². The van der Waals surface area contributed by atoms with Gasteiger partial charge < -0.3 is 10.5 Å². The summed E-state index contributed by atoms with van der Waals surface area (Å²) >= 11 is 0. The number of ether oxygens (including phenoxy) is 1. The Hall–Kier alpha value is -1.03. The predicted molar refractivity (Wildman–Crippen MR) is 45.5 cm³/mol. The molecule has 0 amide bonds. The molecule has 2 rings (SSSR count). The number of hydrogen-bond acceptors (Lipinski definition) is 3. The summed E-state index contributed by atoms with van der Waals surface area (Å²) in [7, 11) is 0. The Morgan fingerprint density at radius 3 is 3.08 bits per heavy atom. The highest BCUT2D eigenvalue weighted by Gasteiger charge is 2.33.